The average molecular weight is 397 g/mol. The second-order valence-corrected chi connectivity index (χ2v) is 7.62. The van der Waals surface area contributed by atoms with Gasteiger partial charge < -0.3 is 9.64 Å². The fraction of sp³-hybridized carbons (Fsp3) is 0.542. The third-order valence-electron chi connectivity index (χ3n) is 5.68. The summed E-state index contributed by atoms with van der Waals surface area (Å²) in [6.45, 7) is 12.1. The van der Waals surface area contributed by atoms with Crippen molar-refractivity contribution in [2.75, 3.05) is 26.3 Å². The average Bonchev–Trinajstić information content (AvgIpc) is 3.18. The second-order valence-electron chi connectivity index (χ2n) is 7.62. The van der Waals surface area contributed by atoms with Gasteiger partial charge in [-0.1, -0.05) is 51.2 Å². The van der Waals surface area contributed by atoms with Gasteiger partial charge in [0.25, 0.3) is 0 Å². The number of rotatable bonds is 8. The molecular formula is C24H36N4O. The Morgan fingerprint density at radius 2 is 2.03 bits per heavy atom. The Morgan fingerprint density at radius 3 is 2.69 bits per heavy atom. The highest BCUT2D eigenvalue weighted by atomic mass is 16.5. The maximum atomic E-state index is 5.59. The van der Waals surface area contributed by atoms with Crippen LogP contribution in [0.25, 0.3) is 0 Å². The Hall–Kier alpha value is -2.11. The van der Waals surface area contributed by atoms with Gasteiger partial charge in [0.15, 0.2) is 0 Å². The molecule has 0 aliphatic carbocycles. The highest BCUT2D eigenvalue weighted by Gasteiger charge is 2.33. The lowest BCUT2D eigenvalue weighted by Crippen LogP contribution is -2.47. The summed E-state index contributed by atoms with van der Waals surface area (Å²) in [6, 6.07) is 0.108. The van der Waals surface area contributed by atoms with E-state index in [1.54, 1.807) is 0 Å². The Bertz CT molecular complexity index is 734. The molecule has 5 heteroatoms. The van der Waals surface area contributed by atoms with E-state index in [1.165, 1.54) is 17.1 Å². The molecule has 0 spiro atoms. The lowest BCUT2D eigenvalue weighted by Gasteiger charge is -2.38. The number of fused-ring (bicyclic) bond motifs is 1. The van der Waals surface area contributed by atoms with Crippen LogP contribution in [0.4, 0.5) is 0 Å². The number of aliphatic imine (C=N–C) groups is 1. The lowest BCUT2D eigenvalue weighted by molar-refractivity contribution is 0.0365. The molecule has 0 aromatic carbocycles. The number of ether oxygens (including phenoxy) is 1. The highest BCUT2D eigenvalue weighted by Crippen LogP contribution is 2.31. The van der Waals surface area contributed by atoms with Crippen molar-refractivity contribution in [2.45, 2.75) is 53.0 Å². The number of allylic oxidation sites excluding steroid dienone is 5. The van der Waals surface area contributed by atoms with E-state index in [4.69, 9.17) is 9.73 Å². The molecule has 5 nitrogen and oxygen atoms in total. The molecule has 1 unspecified atom stereocenters. The molecule has 3 aliphatic heterocycles. The van der Waals surface area contributed by atoms with Crippen molar-refractivity contribution < 1.29 is 4.74 Å². The van der Waals surface area contributed by atoms with Gasteiger partial charge in [-0.3, -0.25) is 0 Å². The molecule has 158 valence electrons. The standard InChI is InChI=1S/C24H36N4O/c1-5-9-10-12-20(11-6-2)22-17-23-25-21(19(7-3)8-4)18-24(28(23)26-22)27-13-15-29-16-14-27/h6,9-12,17-19,22,26H,5,7-8,13-16H2,1-4H3/b10-9+,11-6-,20-12+. The number of nitrogens with one attached hydrogen (secondary N) is 1. The largest absolute Gasteiger partial charge is 0.378 e. The first-order chi connectivity index (χ1) is 14.2. The van der Waals surface area contributed by atoms with E-state index >= 15 is 0 Å². The zero-order valence-electron chi connectivity index (χ0n) is 18.4. The molecule has 3 aliphatic rings. The van der Waals surface area contributed by atoms with Gasteiger partial charge in [0.2, 0.25) is 0 Å². The molecular weight excluding hydrogens is 360 g/mol. The molecule has 0 bridgehead atoms. The minimum absolute atomic E-state index is 0.108. The molecule has 0 saturated carbocycles. The predicted octanol–water partition coefficient (Wildman–Crippen LogP) is 4.55. The Labute approximate surface area is 176 Å². The maximum absolute atomic E-state index is 5.59. The molecule has 0 amide bonds. The van der Waals surface area contributed by atoms with Gasteiger partial charge in [0.05, 0.1) is 19.3 Å². The fourth-order valence-electron chi connectivity index (χ4n) is 3.98. The van der Waals surface area contributed by atoms with Crippen molar-refractivity contribution in [3.8, 4) is 0 Å². The SMILES string of the molecule is C\C=C/C(=C\C=C\CC)C1C=C2N=C(C(CC)CC)C=C(N3CCOCC3)N2N1. The van der Waals surface area contributed by atoms with E-state index in [9.17, 15) is 0 Å². The fourth-order valence-corrected chi connectivity index (χ4v) is 3.98. The molecule has 0 radical (unpaired) electrons. The summed E-state index contributed by atoms with van der Waals surface area (Å²) in [7, 11) is 0. The van der Waals surface area contributed by atoms with Crippen molar-refractivity contribution >= 4 is 5.71 Å². The van der Waals surface area contributed by atoms with Crippen LogP contribution in [0.15, 0.2) is 64.7 Å². The maximum Gasteiger partial charge on any atom is 0.147 e. The molecule has 0 aromatic heterocycles. The zero-order chi connectivity index (χ0) is 20.6. The van der Waals surface area contributed by atoms with E-state index in [2.05, 4.69) is 85.6 Å². The van der Waals surface area contributed by atoms with Crippen LogP contribution in [0, 0.1) is 5.92 Å². The van der Waals surface area contributed by atoms with Crippen LogP contribution in [0.2, 0.25) is 0 Å². The van der Waals surface area contributed by atoms with Gasteiger partial charge >= 0.3 is 0 Å². The van der Waals surface area contributed by atoms with Crippen LogP contribution in [0.1, 0.15) is 47.0 Å². The summed E-state index contributed by atoms with van der Waals surface area (Å²) in [5, 5.41) is 2.17. The van der Waals surface area contributed by atoms with Gasteiger partial charge in [0.1, 0.15) is 11.6 Å². The van der Waals surface area contributed by atoms with E-state index in [0.717, 1.165) is 51.4 Å². The topological polar surface area (TPSA) is 40.1 Å². The summed E-state index contributed by atoms with van der Waals surface area (Å²) in [5.74, 6) is 2.70. The first-order valence-corrected chi connectivity index (χ1v) is 11.1. The summed E-state index contributed by atoms with van der Waals surface area (Å²) in [4.78, 5) is 7.47. The number of morpholine rings is 1. The number of nitrogens with zero attached hydrogens (tertiary/aromatic N) is 3. The first-order valence-electron chi connectivity index (χ1n) is 11.1. The van der Waals surface area contributed by atoms with Crippen LogP contribution in [0.3, 0.4) is 0 Å². The first kappa shape index (κ1) is 21.6. The van der Waals surface area contributed by atoms with E-state index < -0.39 is 0 Å². The molecule has 1 fully saturated rings. The zero-order valence-corrected chi connectivity index (χ0v) is 18.4. The summed E-state index contributed by atoms with van der Waals surface area (Å²) >= 11 is 0. The van der Waals surface area contributed by atoms with Gasteiger partial charge in [0, 0.05) is 30.8 Å². The van der Waals surface area contributed by atoms with E-state index in [-0.39, 0.29) is 6.04 Å². The minimum atomic E-state index is 0.108. The molecule has 29 heavy (non-hydrogen) atoms. The number of hydrogen-bond donors (Lipinski definition) is 1. The lowest BCUT2D eigenvalue weighted by atomic mass is 9.96. The molecule has 3 rings (SSSR count). The van der Waals surface area contributed by atoms with Gasteiger partial charge in [-0.15, -0.1) is 0 Å². The highest BCUT2D eigenvalue weighted by molar-refractivity contribution is 5.98. The van der Waals surface area contributed by atoms with E-state index in [1.807, 2.05) is 0 Å². The predicted molar refractivity (Wildman–Crippen MR) is 121 cm³/mol. The third-order valence-corrected chi connectivity index (χ3v) is 5.68. The Morgan fingerprint density at radius 1 is 1.28 bits per heavy atom. The van der Waals surface area contributed by atoms with Gasteiger partial charge in [-0.2, -0.15) is 0 Å². The number of hydrogen-bond acceptors (Lipinski definition) is 5. The van der Waals surface area contributed by atoms with Crippen LogP contribution in [-0.4, -0.2) is 48.0 Å². The van der Waals surface area contributed by atoms with Crippen molar-refractivity contribution in [3.05, 3.63) is 59.7 Å². The van der Waals surface area contributed by atoms with Gasteiger partial charge in [-0.05, 0) is 37.8 Å². The normalized spacial score (nSPS) is 23.1. The van der Waals surface area contributed by atoms with Crippen molar-refractivity contribution in [1.82, 2.24) is 15.3 Å². The van der Waals surface area contributed by atoms with Crippen molar-refractivity contribution in [3.63, 3.8) is 0 Å². The van der Waals surface area contributed by atoms with Crippen LogP contribution in [-0.2, 0) is 4.74 Å². The van der Waals surface area contributed by atoms with Crippen LogP contribution in [0.5, 0.6) is 0 Å². The summed E-state index contributed by atoms with van der Waals surface area (Å²) < 4.78 is 5.59. The van der Waals surface area contributed by atoms with Crippen molar-refractivity contribution in [2.24, 2.45) is 10.9 Å². The molecule has 1 atom stereocenters. The molecule has 3 heterocycles. The molecule has 1 N–H and O–H groups in total. The third kappa shape index (κ3) is 5.09. The van der Waals surface area contributed by atoms with E-state index in [0.29, 0.717) is 5.92 Å². The van der Waals surface area contributed by atoms with Crippen LogP contribution < -0.4 is 5.43 Å². The van der Waals surface area contributed by atoms with Crippen molar-refractivity contribution in [1.29, 1.82) is 0 Å². The summed E-state index contributed by atoms with van der Waals surface area (Å²) in [5.41, 5.74) is 6.11. The smallest absolute Gasteiger partial charge is 0.147 e. The molecule has 1 saturated heterocycles. The van der Waals surface area contributed by atoms with Crippen LogP contribution >= 0.6 is 0 Å². The Balaban J connectivity index is 1.94. The van der Waals surface area contributed by atoms with Gasteiger partial charge in [-0.25, -0.2) is 15.4 Å². The molecule has 0 aromatic rings. The second kappa shape index (κ2) is 10.6. The summed E-state index contributed by atoms with van der Waals surface area (Å²) in [6.07, 6.45) is 18.6. The monoisotopic (exact) mass is 396 g/mol. The minimum Gasteiger partial charge on any atom is -0.378 e. The Kier molecular flexibility index (Phi) is 7.90. The quantitative estimate of drug-likeness (QED) is 0.611. The number of hydrazine groups is 1.